The Morgan fingerprint density at radius 1 is 1.81 bits per heavy atom. The van der Waals surface area contributed by atoms with Crippen molar-refractivity contribution in [3.05, 3.63) is 20.8 Å². The topological polar surface area (TPSA) is 87.7 Å². The van der Waals surface area contributed by atoms with Gasteiger partial charge in [-0.3, -0.25) is 4.79 Å². The molecule has 0 saturated heterocycles. The molecule has 1 unspecified atom stereocenters. The zero-order chi connectivity index (χ0) is 12.1. The molecule has 0 bridgehead atoms. The summed E-state index contributed by atoms with van der Waals surface area (Å²) >= 11 is 4.63. The average Bonchev–Trinajstić information content (AvgIpc) is 2.70. The standard InChI is InChI=1S/C9H12BrN3O2S/c1-5(8(11)13-15)4-12-9(14)7-6(10)2-3-16-7/h2-3,5,15H,4H2,1H3,(H2,11,13)(H,12,14). The van der Waals surface area contributed by atoms with Crippen LogP contribution < -0.4 is 11.1 Å². The van der Waals surface area contributed by atoms with Crippen LogP contribution in [-0.4, -0.2) is 23.5 Å². The molecule has 0 aliphatic rings. The summed E-state index contributed by atoms with van der Waals surface area (Å²) in [5.74, 6) is -0.266. The molecule has 1 heterocycles. The third-order valence-electron chi connectivity index (χ3n) is 2.01. The Morgan fingerprint density at radius 2 is 2.50 bits per heavy atom. The second-order valence-corrected chi connectivity index (χ2v) is 5.00. The summed E-state index contributed by atoms with van der Waals surface area (Å²) in [6, 6.07) is 1.81. The van der Waals surface area contributed by atoms with Gasteiger partial charge in [0, 0.05) is 16.9 Å². The summed E-state index contributed by atoms with van der Waals surface area (Å²) in [5, 5.41) is 15.9. The lowest BCUT2D eigenvalue weighted by atomic mass is 10.1. The van der Waals surface area contributed by atoms with Crippen LogP contribution in [0.2, 0.25) is 0 Å². The third-order valence-corrected chi connectivity index (χ3v) is 3.85. The third kappa shape index (κ3) is 3.21. The fourth-order valence-corrected chi connectivity index (χ4v) is 2.45. The lowest BCUT2D eigenvalue weighted by Gasteiger charge is -2.10. The lowest BCUT2D eigenvalue weighted by Crippen LogP contribution is -2.34. The molecule has 0 spiro atoms. The predicted octanol–water partition coefficient (Wildman–Crippen LogP) is 1.62. The van der Waals surface area contributed by atoms with E-state index in [9.17, 15) is 4.79 Å². The smallest absolute Gasteiger partial charge is 0.262 e. The van der Waals surface area contributed by atoms with Gasteiger partial charge in [-0.05, 0) is 27.4 Å². The second kappa shape index (κ2) is 5.86. The summed E-state index contributed by atoms with van der Waals surface area (Å²) in [4.78, 5) is 12.3. The van der Waals surface area contributed by atoms with E-state index >= 15 is 0 Å². The molecular formula is C9H12BrN3O2S. The van der Waals surface area contributed by atoms with Crippen LogP contribution in [0.5, 0.6) is 0 Å². The molecule has 16 heavy (non-hydrogen) atoms. The first-order valence-electron chi connectivity index (χ1n) is 4.55. The molecule has 0 saturated carbocycles. The highest BCUT2D eigenvalue weighted by atomic mass is 79.9. The van der Waals surface area contributed by atoms with Crippen molar-refractivity contribution in [2.75, 3.05) is 6.54 Å². The average molecular weight is 306 g/mol. The fourth-order valence-electron chi connectivity index (χ4n) is 0.985. The Bertz CT molecular complexity index is 405. The van der Waals surface area contributed by atoms with Crippen LogP contribution in [0.3, 0.4) is 0 Å². The highest BCUT2D eigenvalue weighted by molar-refractivity contribution is 9.10. The first-order chi connectivity index (χ1) is 7.56. The number of nitrogens with two attached hydrogens (primary N) is 1. The van der Waals surface area contributed by atoms with Crippen LogP contribution in [0.25, 0.3) is 0 Å². The number of oxime groups is 1. The molecule has 0 aliphatic heterocycles. The summed E-state index contributed by atoms with van der Waals surface area (Å²) < 4.78 is 0.770. The largest absolute Gasteiger partial charge is 0.409 e. The van der Waals surface area contributed by atoms with Gasteiger partial charge in [0.15, 0.2) is 0 Å². The number of hydrogen-bond acceptors (Lipinski definition) is 4. The van der Waals surface area contributed by atoms with Crippen LogP contribution in [0, 0.1) is 5.92 Å². The number of halogens is 1. The highest BCUT2D eigenvalue weighted by Gasteiger charge is 2.13. The number of nitrogens with zero attached hydrogens (tertiary/aromatic N) is 1. The summed E-state index contributed by atoms with van der Waals surface area (Å²) in [6.45, 7) is 2.10. The lowest BCUT2D eigenvalue weighted by molar-refractivity contribution is 0.0954. The Kier molecular flexibility index (Phi) is 4.75. The van der Waals surface area contributed by atoms with Gasteiger partial charge < -0.3 is 16.3 Å². The summed E-state index contributed by atoms with van der Waals surface area (Å²) in [7, 11) is 0. The van der Waals surface area contributed by atoms with Gasteiger partial charge in [-0.1, -0.05) is 12.1 Å². The van der Waals surface area contributed by atoms with E-state index in [2.05, 4.69) is 26.4 Å². The van der Waals surface area contributed by atoms with Gasteiger partial charge >= 0.3 is 0 Å². The molecule has 0 radical (unpaired) electrons. The molecule has 5 nitrogen and oxygen atoms in total. The quantitative estimate of drug-likeness (QED) is 0.342. The molecule has 1 atom stereocenters. The number of amidine groups is 1. The molecule has 4 N–H and O–H groups in total. The Morgan fingerprint density at radius 3 is 3.00 bits per heavy atom. The number of nitrogens with one attached hydrogen (secondary N) is 1. The van der Waals surface area contributed by atoms with Crippen molar-refractivity contribution in [2.24, 2.45) is 16.8 Å². The van der Waals surface area contributed by atoms with E-state index in [1.807, 2.05) is 11.4 Å². The number of carbonyl (C=O) groups excluding carboxylic acids is 1. The van der Waals surface area contributed by atoms with Crippen molar-refractivity contribution in [1.29, 1.82) is 0 Å². The van der Waals surface area contributed by atoms with E-state index in [1.165, 1.54) is 11.3 Å². The van der Waals surface area contributed by atoms with Gasteiger partial charge in [0.25, 0.3) is 5.91 Å². The minimum atomic E-state index is -0.201. The summed E-state index contributed by atoms with van der Waals surface area (Å²) in [5.41, 5.74) is 5.39. The van der Waals surface area contributed by atoms with Crippen LogP contribution in [0.4, 0.5) is 0 Å². The summed E-state index contributed by atoms with van der Waals surface area (Å²) in [6.07, 6.45) is 0. The Balaban J connectivity index is 2.51. The highest BCUT2D eigenvalue weighted by Crippen LogP contribution is 2.22. The van der Waals surface area contributed by atoms with Crippen molar-refractivity contribution in [1.82, 2.24) is 5.32 Å². The normalized spacial score (nSPS) is 13.5. The van der Waals surface area contributed by atoms with Crippen molar-refractivity contribution in [3.8, 4) is 0 Å². The van der Waals surface area contributed by atoms with Crippen LogP contribution in [-0.2, 0) is 0 Å². The van der Waals surface area contributed by atoms with Crippen LogP contribution in [0.1, 0.15) is 16.6 Å². The first kappa shape index (κ1) is 13.0. The molecule has 1 rings (SSSR count). The molecule has 7 heteroatoms. The van der Waals surface area contributed by atoms with Crippen LogP contribution in [0.15, 0.2) is 21.1 Å². The number of amides is 1. The molecule has 1 aromatic heterocycles. The van der Waals surface area contributed by atoms with E-state index in [4.69, 9.17) is 10.9 Å². The molecule has 0 fully saturated rings. The minimum absolute atomic E-state index is 0.102. The van der Waals surface area contributed by atoms with Crippen molar-refractivity contribution >= 4 is 39.0 Å². The van der Waals surface area contributed by atoms with E-state index in [-0.39, 0.29) is 17.7 Å². The zero-order valence-corrected chi connectivity index (χ0v) is 11.0. The van der Waals surface area contributed by atoms with Crippen LogP contribution >= 0.6 is 27.3 Å². The molecule has 0 aliphatic carbocycles. The maximum atomic E-state index is 11.7. The van der Waals surface area contributed by atoms with E-state index in [1.54, 1.807) is 6.92 Å². The van der Waals surface area contributed by atoms with Gasteiger partial charge in [0.1, 0.15) is 10.7 Å². The number of hydrogen-bond donors (Lipinski definition) is 3. The van der Waals surface area contributed by atoms with Crippen molar-refractivity contribution < 1.29 is 10.0 Å². The predicted molar refractivity (Wildman–Crippen MR) is 66.9 cm³/mol. The number of rotatable bonds is 4. The van der Waals surface area contributed by atoms with Gasteiger partial charge in [-0.2, -0.15) is 0 Å². The van der Waals surface area contributed by atoms with E-state index in [0.29, 0.717) is 11.4 Å². The fraction of sp³-hybridized carbons (Fsp3) is 0.333. The van der Waals surface area contributed by atoms with Gasteiger partial charge in [-0.15, -0.1) is 11.3 Å². The monoisotopic (exact) mass is 305 g/mol. The number of thiophene rings is 1. The van der Waals surface area contributed by atoms with Crippen molar-refractivity contribution in [3.63, 3.8) is 0 Å². The van der Waals surface area contributed by atoms with Gasteiger partial charge in [0.05, 0.1) is 0 Å². The SMILES string of the molecule is CC(CNC(=O)c1sccc1Br)C(N)=NO. The maximum absolute atomic E-state index is 11.7. The second-order valence-electron chi connectivity index (χ2n) is 3.23. The Labute approximate surface area is 105 Å². The van der Waals surface area contributed by atoms with E-state index < -0.39 is 0 Å². The van der Waals surface area contributed by atoms with Gasteiger partial charge in [-0.25, -0.2) is 0 Å². The molecule has 1 amide bonds. The molecule has 0 aromatic carbocycles. The molecule has 1 aromatic rings. The van der Waals surface area contributed by atoms with Crippen molar-refractivity contribution in [2.45, 2.75) is 6.92 Å². The molecule has 88 valence electrons. The maximum Gasteiger partial charge on any atom is 0.262 e. The minimum Gasteiger partial charge on any atom is -0.409 e. The first-order valence-corrected chi connectivity index (χ1v) is 6.22. The Hall–Kier alpha value is -1.08. The van der Waals surface area contributed by atoms with Gasteiger partial charge in [0.2, 0.25) is 0 Å². The van der Waals surface area contributed by atoms with E-state index in [0.717, 1.165) is 4.47 Å². The number of carbonyl (C=O) groups is 1. The molecular weight excluding hydrogens is 294 g/mol. The zero-order valence-electron chi connectivity index (χ0n) is 8.61.